The normalized spacial score (nSPS) is 11.5. The number of hydrogen-bond donors (Lipinski definition) is 2. The topological polar surface area (TPSA) is 111 Å². The van der Waals surface area contributed by atoms with Crippen molar-refractivity contribution in [2.24, 2.45) is 0 Å². The molecule has 0 radical (unpaired) electrons. The van der Waals surface area contributed by atoms with Gasteiger partial charge in [0.25, 0.3) is 0 Å². The highest BCUT2D eigenvalue weighted by Crippen LogP contribution is 2.31. The molecule has 1 aromatic carbocycles. The molecule has 178 valence electrons. The highest BCUT2D eigenvalue weighted by atomic mass is 32.2. The Hall–Kier alpha value is -3.39. The van der Waals surface area contributed by atoms with Gasteiger partial charge in [0.2, 0.25) is 11.0 Å². The maximum Gasteiger partial charge on any atom is 0.416 e. The third-order valence-corrected chi connectivity index (χ3v) is 6.15. The van der Waals surface area contributed by atoms with Crippen LogP contribution in [0.4, 0.5) is 24.0 Å². The van der Waals surface area contributed by atoms with E-state index in [9.17, 15) is 18.0 Å². The number of nitrogens with one attached hydrogen (secondary N) is 2. The number of benzene rings is 1. The van der Waals surface area contributed by atoms with Gasteiger partial charge in [0.1, 0.15) is 10.8 Å². The number of aryl methyl sites for hydroxylation is 1. The van der Waals surface area contributed by atoms with Gasteiger partial charge in [-0.25, -0.2) is 0 Å². The summed E-state index contributed by atoms with van der Waals surface area (Å²) in [5.41, 5.74) is -0.453. The van der Waals surface area contributed by atoms with Crippen molar-refractivity contribution in [2.75, 3.05) is 16.4 Å². The Kier molecular flexibility index (Phi) is 7.17. The molecular weight excluding hydrogens is 491 g/mol. The summed E-state index contributed by atoms with van der Waals surface area (Å²) in [5.74, 6) is 0.875. The molecule has 0 bridgehead atoms. The number of carbonyl (C=O) groups excluding carboxylic acids is 1. The van der Waals surface area contributed by atoms with Crippen molar-refractivity contribution in [3.05, 3.63) is 64.8 Å². The fourth-order valence-corrected chi connectivity index (χ4v) is 4.26. The van der Waals surface area contributed by atoms with Gasteiger partial charge >= 0.3 is 6.18 Å². The fourth-order valence-electron chi connectivity index (χ4n) is 2.89. The second-order valence-electron chi connectivity index (χ2n) is 6.96. The van der Waals surface area contributed by atoms with Crippen molar-refractivity contribution in [1.82, 2.24) is 25.0 Å². The number of nitrogens with zero attached hydrogens (tertiary/aromatic N) is 5. The molecule has 0 spiro atoms. The monoisotopic (exact) mass is 509 g/mol. The fraction of sp³-hybridized carbons (Fsp3) is 0.250. The van der Waals surface area contributed by atoms with Gasteiger partial charge in [-0.05, 0) is 37.3 Å². The lowest BCUT2D eigenvalue weighted by atomic mass is 10.2. The zero-order valence-corrected chi connectivity index (χ0v) is 19.3. The summed E-state index contributed by atoms with van der Waals surface area (Å²) < 4.78 is 46.1. The second kappa shape index (κ2) is 10.3. The van der Waals surface area contributed by atoms with Crippen molar-refractivity contribution in [3.63, 3.8) is 0 Å². The number of aromatic nitrogens is 5. The first-order chi connectivity index (χ1) is 16.3. The minimum atomic E-state index is -4.44. The SMILES string of the molecule is Cc1nnc(NC(=O)CSc2nnc(CNc3cccc(C(F)(F)F)c3)n2Cc2ccco2)s1. The zero-order chi connectivity index (χ0) is 24.1. The molecule has 0 atom stereocenters. The lowest BCUT2D eigenvalue weighted by Crippen LogP contribution is -2.15. The quantitative estimate of drug-likeness (QED) is 0.319. The maximum atomic E-state index is 13.0. The number of anilines is 2. The first-order valence-corrected chi connectivity index (χ1v) is 11.7. The predicted octanol–water partition coefficient (Wildman–Crippen LogP) is 4.44. The van der Waals surface area contributed by atoms with Crippen LogP contribution in [-0.2, 0) is 24.1 Å². The van der Waals surface area contributed by atoms with Crippen molar-refractivity contribution >= 4 is 39.8 Å². The Morgan fingerprint density at radius 3 is 2.74 bits per heavy atom. The van der Waals surface area contributed by atoms with Crippen LogP contribution < -0.4 is 10.6 Å². The third-order valence-electron chi connectivity index (χ3n) is 4.43. The number of rotatable bonds is 9. The van der Waals surface area contributed by atoms with Crippen molar-refractivity contribution in [3.8, 4) is 0 Å². The molecule has 0 saturated carbocycles. The van der Waals surface area contributed by atoms with Crippen LogP contribution in [0.25, 0.3) is 0 Å². The molecule has 3 heterocycles. The van der Waals surface area contributed by atoms with E-state index in [0.717, 1.165) is 17.1 Å². The van der Waals surface area contributed by atoms with Gasteiger partial charge in [0, 0.05) is 5.69 Å². The summed E-state index contributed by atoms with van der Waals surface area (Å²) in [6, 6.07) is 8.43. The number of thioether (sulfide) groups is 1. The van der Waals surface area contributed by atoms with Crippen LogP contribution in [0.3, 0.4) is 0 Å². The molecule has 0 aliphatic heterocycles. The minimum Gasteiger partial charge on any atom is -0.467 e. The lowest BCUT2D eigenvalue weighted by molar-refractivity contribution is -0.137. The summed E-state index contributed by atoms with van der Waals surface area (Å²) in [6.45, 7) is 2.19. The molecule has 14 heteroatoms. The first kappa shape index (κ1) is 23.8. The van der Waals surface area contributed by atoms with Crippen molar-refractivity contribution in [2.45, 2.75) is 31.3 Å². The minimum absolute atomic E-state index is 0.0516. The van der Waals surface area contributed by atoms with E-state index in [1.807, 2.05) is 0 Å². The summed E-state index contributed by atoms with van der Waals surface area (Å²) >= 11 is 2.43. The highest BCUT2D eigenvalue weighted by Gasteiger charge is 2.30. The third kappa shape index (κ3) is 6.14. The van der Waals surface area contributed by atoms with Crippen LogP contribution in [0.2, 0.25) is 0 Å². The molecule has 2 N–H and O–H groups in total. The zero-order valence-electron chi connectivity index (χ0n) is 17.7. The number of alkyl halides is 3. The summed E-state index contributed by atoms with van der Waals surface area (Å²) in [6.07, 6.45) is -2.90. The average Bonchev–Trinajstić information content (AvgIpc) is 3.53. The van der Waals surface area contributed by atoms with Gasteiger partial charge in [-0.1, -0.05) is 29.2 Å². The van der Waals surface area contributed by atoms with Crippen molar-refractivity contribution < 1.29 is 22.4 Å². The van der Waals surface area contributed by atoms with E-state index in [1.54, 1.807) is 23.6 Å². The van der Waals surface area contributed by atoms with Crippen LogP contribution in [0, 0.1) is 6.92 Å². The maximum absolute atomic E-state index is 13.0. The van der Waals surface area contributed by atoms with Crippen LogP contribution in [-0.4, -0.2) is 36.6 Å². The number of hydrogen-bond acceptors (Lipinski definition) is 9. The second-order valence-corrected chi connectivity index (χ2v) is 9.08. The van der Waals surface area contributed by atoms with Gasteiger partial charge in [-0.3, -0.25) is 14.7 Å². The Balaban J connectivity index is 1.46. The van der Waals surface area contributed by atoms with Gasteiger partial charge in [0.15, 0.2) is 11.0 Å². The average molecular weight is 510 g/mol. The molecule has 9 nitrogen and oxygen atoms in total. The lowest BCUT2D eigenvalue weighted by Gasteiger charge is -2.12. The standard InChI is InChI=1S/C20H18F3N7O2S2/c1-12-26-28-18(34-12)25-17(31)11-33-19-29-27-16(30(19)10-15-6-3-7-32-15)9-24-14-5-2-4-13(8-14)20(21,22)23/h2-8,24H,9-11H2,1H3,(H,25,28,31). The molecule has 1 amide bonds. The van der Waals surface area contributed by atoms with E-state index in [0.29, 0.717) is 34.1 Å². The highest BCUT2D eigenvalue weighted by molar-refractivity contribution is 7.99. The molecule has 4 rings (SSSR count). The van der Waals surface area contributed by atoms with E-state index in [1.165, 1.54) is 41.5 Å². The van der Waals surface area contributed by atoms with E-state index in [4.69, 9.17) is 4.42 Å². The molecular formula is C20H18F3N7O2S2. The van der Waals surface area contributed by atoms with E-state index < -0.39 is 11.7 Å². The first-order valence-electron chi connectivity index (χ1n) is 9.86. The molecule has 34 heavy (non-hydrogen) atoms. The van der Waals surface area contributed by atoms with E-state index in [2.05, 4.69) is 31.0 Å². The molecule has 4 aromatic rings. The van der Waals surface area contributed by atoms with Gasteiger partial charge < -0.3 is 9.73 Å². The van der Waals surface area contributed by atoms with Crippen molar-refractivity contribution in [1.29, 1.82) is 0 Å². The Labute approximate surface area is 199 Å². The van der Waals surface area contributed by atoms with E-state index in [-0.39, 0.29) is 18.2 Å². The number of carbonyl (C=O) groups is 1. The Morgan fingerprint density at radius 2 is 2.03 bits per heavy atom. The summed E-state index contributed by atoms with van der Waals surface area (Å²) in [5, 5.41) is 23.3. The Bertz CT molecular complexity index is 1260. The molecule has 0 aliphatic carbocycles. The van der Waals surface area contributed by atoms with Gasteiger partial charge in [-0.2, -0.15) is 13.2 Å². The molecule has 0 fully saturated rings. The van der Waals surface area contributed by atoms with Crippen LogP contribution in [0.15, 0.2) is 52.2 Å². The molecule has 0 aliphatic rings. The smallest absolute Gasteiger partial charge is 0.416 e. The van der Waals surface area contributed by atoms with E-state index >= 15 is 0 Å². The van der Waals surface area contributed by atoms with Crippen LogP contribution >= 0.6 is 23.1 Å². The molecule has 3 aromatic heterocycles. The Morgan fingerprint density at radius 1 is 1.18 bits per heavy atom. The molecule has 0 saturated heterocycles. The van der Waals surface area contributed by atoms with Crippen LogP contribution in [0.1, 0.15) is 22.2 Å². The summed E-state index contributed by atoms with van der Waals surface area (Å²) in [7, 11) is 0. The number of amides is 1. The van der Waals surface area contributed by atoms with Gasteiger partial charge in [0.05, 0.1) is 30.7 Å². The number of halogens is 3. The van der Waals surface area contributed by atoms with Gasteiger partial charge in [-0.15, -0.1) is 20.4 Å². The predicted molar refractivity (Wildman–Crippen MR) is 121 cm³/mol. The van der Waals surface area contributed by atoms with Crippen LogP contribution in [0.5, 0.6) is 0 Å². The number of furan rings is 1. The largest absolute Gasteiger partial charge is 0.467 e. The molecule has 0 unspecified atom stereocenters. The summed E-state index contributed by atoms with van der Waals surface area (Å²) in [4.78, 5) is 12.3.